The van der Waals surface area contributed by atoms with Gasteiger partial charge < -0.3 is 14.2 Å². The van der Waals surface area contributed by atoms with Gasteiger partial charge in [-0.1, -0.05) is 24.3 Å². The summed E-state index contributed by atoms with van der Waals surface area (Å²) in [5.41, 5.74) is 0.667. The van der Waals surface area contributed by atoms with Gasteiger partial charge in [-0.05, 0) is 37.2 Å². The molecule has 0 saturated carbocycles. The lowest BCUT2D eigenvalue weighted by atomic mass is 9.93. The highest BCUT2D eigenvalue weighted by Gasteiger charge is 2.47. The Labute approximate surface area is 238 Å². The quantitative estimate of drug-likeness (QED) is 0.418. The fourth-order valence-electron chi connectivity index (χ4n) is 5.49. The molecule has 1 saturated heterocycles. The summed E-state index contributed by atoms with van der Waals surface area (Å²) in [6.07, 6.45) is 0.753. The minimum Gasteiger partial charge on any atom is -0.406 e. The van der Waals surface area contributed by atoms with E-state index in [1.807, 2.05) is 29.3 Å². The molecule has 216 valence electrons. The number of pyridine rings is 1. The maximum atomic E-state index is 15.3. The second kappa shape index (κ2) is 10.9. The third-order valence-corrected chi connectivity index (χ3v) is 10.0. The summed E-state index contributed by atoms with van der Waals surface area (Å²) in [6.45, 7) is 2.21. The Morgan fingerprint density at radius 3 is 2.73 bits per heavy atom. The number of rotatable bonds is 6. The van der Waals surface area contributed by atoms with Crippen LogP contribution in [0.5, 0.6) is 5.75 Å². The van der Waals surface area contributed by atoms with Gasteiger partial charge in [0.25, 0.3) is 5.91 Å². The zero-order valence-corrected chi connectivity index (χ0v) is 23.9. The Morgan fingerprint density at radius 1 is 1.15 bits per heavy atom. The molecule has 41 heavy (non-hydrogen) atoms. The summed E-state index contributed by atoms with van der Waals surface area (Å²) in [5.74, 6) is -2.67. The van der Waals surface area contributed by atoms with E-state index in [4.69, 9.17) is 13.8 Å². The lowest BCUT2D eigenvalue weighted by molar-refractivity contribution is -0.0196. The Balaban J connectivity index is 1.63. The van der Waals surface area contributed by atoms with Crippen molar-refractivity contribution in [3.63, 3.8) is 0 Å². The summed E-state index contributed by atoms with van der Waals surface area (Å²) in [5, 5.41) is 4.29. The highest BCUT2D eigenvalue weighted by molar-refractivity contribution is 7.98. The van der Waals surface area contributed by atoms with Crippen LogP contribution >= 0.6 is 19.5 Å². The molecule has 0 bridgehead atoms. The molecule has 2 unspecified atom stereocenters. The van der Waals surface area contributed by atoms with Crippen molar-refractivity contribution in [2.45, 2.75) is 29.8 Å². The predicted octanol–water partition coefficient (Wildman–Crippen LogP) is 4.01. The lowest BCUT2D eigenvalue weighted by Crippen LogP contribution is -2.66. The normalized spacial score (nSPS) is 21.2. The first-order valence-corrected chi connectivity index (χ1v) is 15.6. The molecule has 1 aromatic heterocycles. The number of benzene rings is 2. The second-order valence-electron chi connectivity index (χ2n) is 9.52. The number of amides is 1. The van der Waals surface area contributed by atoms with Crippen molar-refractivity contribution in [1.82, 2.24) is 14.7 Å². The zero-order chi connectivity index (χ0) is 28.9. The van der Waals surface area contributed by atoms with E-state index in [2.05, 4.69) is 5.09 Å². The number of carbonyl (C=O) groups excluding carboxylic acids is 1. The van der Waals surface area contributed by atoms with Gasteiger partial charge in [0.05, 0.1) is 25.9 Å². The summed E-state index contributed by atoms with van der Waals surface area (Å²) in [7, 11) is -2.65. The van der Waals surface area contributed by atoms with Crippen LogP contribution in [0.25, 0.3) is 0 Å². The standard InChI is InChI=1S/C27H27F2N4O6PS/c1-3-38-40(36,30-2)39-26-20(34)10-11-32-25(26)27(35)31-12-13-37-14-22(31)33(32)24-16-8-9-19(28)23(29)18(16)15-41-21-7-5-4-6-17(21)24/h4-11,22,24H,3,12-15H2,1-2H3,(H,30,36)/t22?,24-,40?/m0/s1. The number of carbonyl (C=O) groups is 1. The SMILES string of the molecule is CCOP(=O)(NC)Oc1c2n(ccc1=O)N([C@@H]1c3ccccc3SCc3c1ccc(F)c3F)C1COCCN1C2=O. The molecule has 14 heteroatoms. The minimum atomic E-state index is -4.01. The number of aromatic nitrogens is 1. The molecule has 10 nitrogen and oxygen atoms in total. The van der Waals surface area contributed by atoms with Crippen LogP contribution in [0.15, 0.2) is 58.4 Å². The predicted molar refractivity (Wildman–Crippen MR) is 148 cm³/mol. The number of ether oxygens (including phenoxy) is 1. The number of nitrogens with one attached hydrogen (secondary N) is 1. The molecule has 6 rings (SSSR count). The van der Waals surface area contributed by atoms with Gasteiger partial charge in [-0.15, -0.1) is 11.8 Å². The average Bonchev–Trinajstić information content (AvgIpc) is 3.14. The van der Waals surface area contributed by atoms with Crippen molar-refractivity contribution < 1.29 is 31.9 Å². The van der Waals surface area contributed by atoms with Crippen LogP contribution in [-0.2, 0) is 19.6 Å². The fraction of sp³-hybridized carbons (Fsp3) is 0.333. The van der Waals surface area contributed by atoms with Crippen molar-refractivity contribution in [3.05, 3.63) is 92.9 Å². The molecule has 2 aromatic carbocycles. The molecule has 1 fully saturated rings. The van der Waals surface area contributed by atoms with Crippen molar-refractivity contribution in [2.24, 2.45) is 0 Å². The first-order chi connectivity index (χ1) is 19.8. The van der Waals surface area contributed by atoms with Crippen LogP contribution < -0.4 is 20.0 Å². The van der Waals surface area contributed by atoms with E-state index in [-0.39, 0.29) is 43.4 Å². The van der Waals surface area contributed by atoms with Crippen LogP contribution in [0.2, 0.25) is 0 Å². The number of hydrogen-bond acceptors (Lipinski definition) is 8. The molecule has 1 N–H and O–H groups in total. The molecular formula is C27H27F2N4O6PS. The molecule has 3 aliphatic rings. The summed E-state index contributed by atoms with van der Waals surface area (Å²) in [6, 6.07) is 10.6. The Kier molecular flexibility index (Phi) is 7.41. The van der Waals surface area contributed by atoms with Crippen LogP contribution in [0, 0.1) is 11.6 Å². The first-order valence-electron chi connectivity index (χ1n) is 13.0. The molecule has 3 aliphatic heterocycles. The highest BCUT2D eigenvalue weighted by atomic mass is 32.2. The highest BCUT2D eigenvalue weighted by Crippen LogP contribution is 2.47. The maximum Gasteiger partial charge on any atom is 0.458 e. The molecule has 3 aromatic rings. The topological polar surface area (TPSA) is 102 Å². The van der Waals surface area contributed by atoms with Gasteiger partial charge in [0, 0.05) is 35.0 Å². The fourth-order valence-corrected chi connectivity index (χ4v) is 7.63. The van der Waals surface area contributed by atoms with Crippen molar-refractivity contribution in [2.75, 3.05) is 38.4 Å². The zero-order valence-electron chi connectivity index (χ0n) is 22.2. The third kappa shape index (κ3) is 4.65. The van der Waals surface area contributed by atoms with E-state index < -0.39 is 48.7 Å². The monoisotopic (exact) mass is 604 g/mol. The second-order valence-corrected chi connectivity index (χ2v) is 12.4. The van der Waals surface area contributed by atoms with E-state index >= 15 is 4.39 Å². The Hall–Kier alpha value is -3.22. The average molecular weight is 605 g/mol. The summed E-state index contributed by atoms with van der Waals surface area (Å²) < 4.78 is 61.3. The van der Waals surface area contributed by atoms with Gasteiger partial charge in [0.1, 0.15) is 6.17 Å². The smallest absolute Gasteiger partial charge is 0.406 e. The number of fused-ring (bicyclic) bond motifs is 4. The molecule has 0 aliphatic carbocycles. The molecule has 1 amide bonds. The number of halogens is 2. The van der Waals surface area contributed by atoms with Crippen LogP contribution in [0.1, 0.15) is 40.1 Å². The van der Waals surface area contributed by atoms with Gasteiger partial charge in [0.2, 0.25) is 11.2 Å². The molecular weight excluding hydrogens is 577 g/mol. The summed E-state index contributed by atoms with van der Waals surface area (Å²) in [4.78, 5) is 29.5. The van der Waals surface area contributed by atoms with Gasteiger partial charge in [-0.3, -0.25) is 23.8 Å². The van der Waals surface area contributed by atoms with E-state index in [9.17, 15) is 18.5 Å². The van der Waals surface area contributed by atoms with Gasteiger partial charge in [-0.25, -0.2) is 18.4 Å². The van der Waals surface area contributed by atoms with Crippen LogP contribution in [0.4, 0.5) is 8.78 Å². The van der Waals surface area contributed by atoms with E-state index in [1.165, 1.54) is 35.7 Å². The number of thioether (sulfide) groups is 1. The molecule has 4 heterocycles. The molecule has 0 radical (unpaired) electrons. The number of nitrogens with zero attached hydrogens (tertiary/aromatic N) is 3. The third-order valence-electron chi connectivity index (χ3n) is 7.32. The minimum absolute atomic E-state index is 0.0233. The van der Waals surface area contributed by atoms with Gasteiger partial charge in [0.15, 0.2) is 17.3 Å². The molecule has 0 spiro atoms. The van der Waals surface area contributed by atoms with Crippen molar-refractivity contribution in [3.8, 4) is 5.75 Å². The van der Waals surface area contributed by atoms with Gasteiger partial charge >= 0.3 is 7.75 Å². The van der Waals surface area contributed by atoms with E-state index in [0.29, 0.717) is 5.56 Å². The van der Waals surface area contributed by atoms with Crippen molar-refractivity contribution in [1.29, 1.82) is 0 Å². The lowest BCUT2D eigenvalue weighted by Gasteiger charge is -2.51. The largest absolute Gasteiger partial charge is 0.458 e. The molecule has 3 atom stereocenters. The van der Waals surface area contributed by atoms with Gasteiger partial charge in [-0.2, -0.15) is 0 Å². The van der Waals surface area contributed by atoms with Crippen molar-refractivity contribution >= 4 is 25.4 Å². The maximum absolute atomic E-state index is 15.3. The first kappa shape index (κ1) is 27.9. The van der Waals surface area contributed by atoms with Crippen LogP contribution in [0.3, 0.4) is 0 Å². The Morgan fingerprint density at radius 2 is 1.95 bits per heavy atom. The Bertz CT molecular complexity index is 1640. The summed E-state index contributed by atoms with van der Waals surface area (Å²) >= 11 is 1.39. The van der Waals surface area contributed by atoms with Crippen LogP contribution in [-0.4, -0.2) is 55.1 Å². The van der Waals surface area contributed by atoms with E-state index in [0.717, 1.165) is 16.5 Å². The number of morpholine rings is 1. The number of hydrogen-bond donors (Lipinski definition) is 1. The van der Waals surface area contributed by atoms with E-state index in [1.54, 1.807) is 17.9 Å².